The van der Waals surface area contributed by atoms with E-state index in [0.29, 0.717) is 23.9 Å². The maximum absolute atomic E-state index is 11.8. The van der Waals surface area contributed by atoms with Crippen LogP contribution in [-0.2, 0) is 9.53 Å². The van der Waals surface area contributed by atoms with Crippen molar-refractivity contribution < 1.29 is 9.53 Å². The van der Waals surface area contributed by atoms with Crippen LogP contribution in [0.5, 0.6) is 0 Å². The van der Waals surface area contributed by atoms with Crippen molar-refractivity contribution in [3.63, 3.8) is 0 Å². The molecule has 19 heavy (non-hydrogen) atoms. The summed E-state index contributed by atoms with van der Waals surface area (Å²) in [6.07, 6.45) is 3.98. The van der Waals surface area contributed by atoms with Crippen LogP contribution in [0.15, 0.2) is 24.3 Å². The maximum atomic E-state index is 11.8. The van der Waals surface area contributed by atoms with Gasteiger partial charge < -0.3 is 15.8 Å². The molecule has 0 aliphatic carbocycles. The second-order valence-corrected chi connectivity index (χ2v) is 4.82. The van der Waals surface area contributed by atoms with E-state index in [-0.39, 0.29) is 24.4 Å². The molecule has 5 heteroatoms. The summed E-state index contributed by atoms with van der Waals surface area (Å²) in [5.41, 5.74) is 7.04. The number of carbonyl (C=O) groups is 1. The van der Waals surface area contributed by atoms with Gasteiger partial charge in [-0.3, -0.25) is 4.79 Å². The fourth-order valence-electron chi connectivity index (χ4n) is 2.21. The largest absolute Gasteiger partial charge is 0.397 e. The number of halogens is 1. The van der Waals surface area contributed by atoms with Crippen LogP contribution in [0.25, 0.3) is 0 Å². The zero-order chi connectivity index (χ0) is 13.0. The van der Waals surface area contributed by atoms with Crippen LogP contribution in [0, 0.1) is 0 Å². The van der Waals surface area contributed by atoms with E-state index in [1.165, 1.54) is 0 Å². The zero-order valence-corrected chi connectivity index (χ0v) is 11.9. The first-order valence-corrected chi connectivity index (χ1v) is 6.45. The van der Waals surface area contributed by atoms with Crippen molar-refractivity contribution in [2.45, 2.75) is 44.8 Å². The molecule has 1 aromatic rings. The van der Waals surface area contributed by atoms with Crippen LogP contribution in [0.3, 0.4) is 0 Å². The van der Waals surface area contributed by atoms with Gasteiger partial charge in [-0.05, 0) is 38.3 Å². The van der Waals surface area contributed by atoms with Gasteiger partial charge in [-0.2, -0.15) is 0 Å². The molecular formula is C14H21ClN2O2. The number of hydrogen-bond acceptors (Lipinski definition) is 3. The summed E-state index contributed by atoms with van der Waals surface area (Å²) < 4.78 is 5.68. The van der Waals surface area contributed by atoms with Gasteiger partial charge in [0.15, 0.2) is 0 Å². The summed E-state index contributed by atoms with van der Waals surface area (Å²) in [6, 6.07) is 7.28. The zero-order valence-electron chi connectivity index (χ0n) is 11.1. The van der Waals surface area contributed by atoms with Crippen LogP contribution in [0.4, 0.5) is 11.4 Å². The second kappa shape index (κ2) is 7.36. The molecular weight excluding hydrogens is 264 g/mol. The van der Waals surface area contributed by atoms with Crippen molar-refractivity contribution in [2.24, 2.45) is 0 Å². The lowest BCUT2D eigenvalue weighted by atomic mass is 10.1. The number of hydrogen-bond donors (Lipinski definition) is 2. The molecule has 0 spiro atoms. The van der Waals surface area contributed by atoms with Crippen molar-refractivity contribution in [3.05, 3.63) is 24.3 Å². The highest BCUT2D eigenvalue weighted by molar-refractivity contribution is 5.93. The van der Waals surface area contributed by atoms with Crippen molar-refractivity contribution in [1.82, 2.24) is 0 Å². The predicted octanol–water partition coefficient (Wildman–Crippen LogP) is 2.98. The molecule has 4 nitrogen and oxygen atoms in total. The van der Waals surface area contributed by atoms with Crippen molar-refractivity contribution in [2.75, 3.05) is 11.1 Å². The summed E-state index contributed by atoms with van der Waals surface area (Å²) >= 11 is 0. The quantitative estimate of drug-likeness (QED) is 0.836. The molecule has 2 atom stereocenters. The van der Waals surface area contributed by atoms with E-state index >= 15 is 0 Å². The number of rotatable bonds is 4. The van der Waals surface area contributed by atoms with Crippen molar-refractivity contribution >= 4 is 29.7 Å². The molecule has 3 N–H and O–H groups in total. The Balaban J connectivity index is 0.00000180. The van der Waals surface area contributed by atoms with Gasteiger partial charge >= 0.3 is 0 Å². The Kier molecular flexibility index (Phi) is 6.12. The molecule has 106 valence electrons. The van der Waals surface area contributed by atoms with Gasteiger partial charge in [0.05, 0.1) is 23.6 Å². The summed E-state index contributed by atoms with van der Waals surface area (Å²) in [6.45, 7) is 2.07. The minimum atomic E-state index is -0.00365. The fourth-order valence-corrected chi connectivity index (χ4v) is 2.21. The lowest BCUT2D eigenvalue weighted by Gasteiger charge is -2.11. The van der Waals surface area contributed by atoms with E-state index in [4.69, 9.17) is 10.5 Å². The average molecular weight is 285 g/mol. The molecule has 2 rings (SSSR count). The van der Waals surface area contributed by atoms with Crippen LogP contribution in [0.2, 0.25) is 0 Å². The molecule has 2 unspecified atom stereocenters. The first-order valence-electron chi connectivity index (χ1n) is 6.45. The molecule has 1 amide bonds. The minimum Gasteiger partial charge on any atom is -0.397 e. The third-order valence-electron chi connectivity index (χ3n) is 3.25. The molecule has 1 aliphatic rings. The number of carbonyl (C=O) groups excluding carboxylic acids is 1. The van der Waals surface area contributed by atoms with E-state index in [2.05, 4.69) is 12.2 Å². The van der Waals surface area contributed by atoms with Gasteiger partial charge in [0.2, 0.25) is 5.91 Å². The number of nitrogens with one attached hydrogen (secondary N) is 1. The number of benzene rings is 1. The standard InChI is InChI=1S/C14H20N2O2.ClH/c1-10-6-7-11(18-10)8-9-14(17)16-13-5-3-2-4-12(13)15;/h2-5,10-11H,6-9,15H2,1H3,(H,16,17);1H. The summed E-state index contributed by atoms with van der Waals surface area (Å²) in [5, 5.41) is 2.83. The SMILES string of the molecule is CC1CCC(CCC(=O)Nc2ccccc2N)O1.Cl. The Labute approximate surface area is 120 Å². The lowest BCUT2D eigenvalue weighted by molar-refractivity contribution is -0.116. The minimum absolute atomic E-state index is 0. The Morgan fingerprint density at radius 3 is 2.79 bits per heavy atom. The second-order valence-electron chi connectivity index (χ2n) is 4.82. The molecule has 0 aromatic heterocycles. The van der Waals surface area contributed by atoms with Gasteiger partial charge in [0.25, 0.3) is 0 Å². The van der Waals surface area contributed by atoms with Crippen LogP contribution in [0.1, 0.15) is 32.6 Å². The van der Waals surface area contributed by atoms with Gasteiger partial charge in [-0.1, -0.05) is 12.1 Å². The van der Waals surface area contributed by atoms with E-state index in [1.54, 1.807) is 12.1 Å². The molecule has 1 heterocycles. The van der Waals surface area contributed by atoms with Gasteiger partial charge in [-0.15, -0.1) is 12.4 Å². The van der Waals surface area contributed by atoms with E-state index < -0.39 is 0 Å². The van der Waals surface area contributed by atoms with Crippen molar-refractivity contribution in [3.8, 4) is 0 Å². The predicted molar refractivity (Wildman–Crippen MR) is 79.5 cm³/mol. The normalized spacial score (nSPS) is 21.7. The topological polar surface area (TPSA) is 64.4 Å². The third kappa shape index (κ3) is 4.73. The molecule has 0 saturated carbocycles. The number of para-hydroxylation sites is 2. The highest BCUT2D eigenvalue weighted by atomic mass is 35.5. The molecule has 1 saturated heterocycles. The maximum Gasteiger partial charge on any atom is 0.224 e. The van der Waals surface area contributed by atoms with Crippen LogP contribution >= 0.6 is 12.4 Å². The summed E-state index contributed by atoms with van der Waals surface area (Å²) in [5.74, 6) is -0.00365. The Morgan fingerprint density at radius 2 is 2.16 bits per heavy atom. The first-order chi connectivity index (χ1) is 8.65. The summed E-state index contributed by atoms with van der Waals surface area (Å²) in [4.78, 5) is 11.8. The monoisotopic (exact) mass is 284 g/mol. The van der Waals surface area contributed by atoms with Gasteiger partial charge in [0.1, 0.15) is 0 Å². The molecule has 1 aromatic carbocycles. The number of nitrogen functional groups attached to an aromatic ring is 1. The number of amides is 1. The Morgan fingerprint density at radius 1 is 1.42 bits per heavy atom. The third-order valence-corrected chi connectivity index (χ3v) is 3.25. The number of ether oxygens (including phenoxy) is 1. The van der Waals surface area contributed by atoms with Crippen LogP contribution in [-0.4, -0.2) is 18.1 Å². The average Bonchev–Trinajstić information content (AvgIpc) is 2.76. The van der Waals surface area contributed by atoms with Gasteiger partial charge in [-0.25, -0.2) is 0 Å². The summed E-state index contributed by atoms with van der Waals surface area (Å²) in [7, 11) is 0. The van der Waals surface area contributed by atoms with E-state index in [0.717, 1.165) is 19.3 Å². The first kappa shape index (κ1) is 15.8. The molecule has 1 aliphatic heterocycles. The highest BCUT2D eigenvalue weighted by Crippen LogP contribution is 2.23. The fraction of sp³-hybridized carbons (Fsp3) is 0.500. The Hall–Kier alpha value is -1.26. The lowest BCUT2D eigenvalue weighted by Crippen LogP contribution is -2.16. The van der Waals surface area contributed by atoms with Gasteiger partial charge in [0, 0.05) is 6.42 Å². The Bertz CT molecular complexity index is 426. The molecule has 0 radical (unpaired) electrons. The number of nitrogens with two attached hydrogens (primary N) is 1. The van der Waals surface area contributed by atoms with Crippen molar-refractivity contribution in [1.29, 1.82) is 0 Å². The van der Waals surface area contributed by atoms with Crippen LogP contribution < -0.4 is 11.1 Å². The molecule has 1 fully saturated rings. The van der Waals surface area contributed by atoms with E-state index in [9.17, 15) is 4.79 Å². The van der Waals surface area contributed by atoms with E-state index in [1.807, 2.05) is 12.1 Å². The smallest absolute Gasteiger partial charge is 0.224 e. The molecule has 0 bridgehead atoms. The highest BCUT2D eigenvalue weighted by Gasteiger charge is 2.22. The number of anilines is 2.